The van der Waals surface area contributed by atoms with E-state index in [9.17, 15) is 9.50 Å². The van der Waals surface area contributed by atoms with Crippen LogP contribution in [0, 0.1) is 11.7 Å². The first-order valence-corrected chi connectivity index (χ1v) is 6.86. The largest absolute Gasteiger partial charge is 0.391 e. The molecule has 1 aliphatic carbocycles. The van der Waals surface area contributed by atoms with Crippen molar-refractivity contribution in [1.82, 2.24) is 0 Å². The second-order valence-corrected chi connectivity index (χ2v) is 5.50. The third-order valence-electron chi connectivity index (χ3n) is 3.83. The molecule has 1 aliphatic rings. The highest BCUT2D eigenvalue weighted by Gasteiger charge is 2.27. The zero-order valence-corrected chi connectivity index (χ0v) is 11.0. The fourth-order valence-electron chi connectivity index (χ4n) is 2.69. The minimum absolute atomic E-state index is 0.0544. The summed E-state index contributed by atoms with van der Waals surface area (Å²) in [5.74, 6) is -0.211. The molecule has 2 rings (SSSR count). The van der Waals surface area contributed by atoms with Gasteiger partial charge in [0, 0.05) is 0 Å². The first kappa shape index (κ1) is 13.8. The Labute approximate surface area is 112 Å². The second kappa shape index (κ2) is 6.00. The number of hydrogen-bond acceptors (Lipinski definition) is 2. The van der Waals surface area contributed by atoms with Gasteiger partial charge in [0.15, 0.2) is 0 Å². The fourth-order valence-corrected chi connectivity index (χ4v) is 2.87. The molecule has 100 valence electrons. The van der Waals surface area contributed by atoms with Gasteiger partial charge in [0.05, 0.1) is 17.2 Å². The Balaban J connectivity index is 2.09. The van der Waals surface area contributed by atoms with Crippen LogP contribution in [0.3, 0.4) is 0 Å². The van der Waals surface area contributed by atoms with E-state index in [0.29, 0.717) is 5.56 Å². The maximum absolute atomic E-state index is 13.1. The number of hydrogen-bond donors (Lipinski definition) is 2. The van der Waals surface area contributed by atoms with E-state index in [2.05, 4.69) is 0 Å². The number of halogens is 2. The third kappa shape index (κ3) is 3.02. The van der Waals surface area contributed by atoms with Gasteiger partial charge in [-0.05, 0) is 36.5 Å². The van der Waals surface area contributed by atoms with Crippen LogP contribution in [-0.4, -0.2) is 11.2 Å². The summed E-state index contributed by atoms with van der Waals surface area (Å²) in [6.07, 6.45) is 5.00. The summed E-state index contributed by atoms with van der Waals surface area (Å²) < 4.78 is 13.1. The summed E-state index contributed by atoms with van der Waals surface area (Å²) in [4.78, 5) is 0. The molecule has 0 heterocycles. The molecule has 2 atom stereocenters. The van der Waals surface area contributed by atoms with Gasteiger partial charge in [0.2, 0.25) is 0 Å². The maximum Gasteiger partial charge on any atom is 0.141 e. The van der Waals surface area contributed by atoms with Crippen molar-refractivity contribution in [2.45, 2.75) is 44.2 Å². The van der Waals surface area contributed by atoms with Crippen LogP contribution in [0.2, 0.25) is 5.02 Å². The average molecular weight is 272 g/mol. The van der Waals surface area contributed by atoms with Crippen LogP contribution in [0.4, 0.5) is 4.39 Å². The van der Waals surface area contributed by atoms with E-state index in [0.717, 1.165) is 25.7 Å². The van der Waals surface area contributed by atoms with Crippen molar-refractivity contribution in [2.75, 3.05) is 0 Å². The Morgan fingerprint density at radius 1 is 1.28 bits per heavy atom. The van der Waals surface area contributed by atoms with Crippen LogP contribution >= 0.6 is 11.6 Å². The zero-order valence-electron chi connectivity index (χ0n) is 10.3. The highest BCUT2D eigenvalue weighted by atomic mass is 35.5. The van der Waals surface area contributed by atoms with Crippen molar-refractivity contribution in [3.05, 3.63) is 34.6 Å². The van der Waals surface area contributed by atoms with Crippen LogP contribution in [0.25, 0.3) is 0 Å². The second-order valence-electron chi connectivity index (χ2n) is 5.09. The third-order valence-corrected chi connectivity index (χ3v) is 4.12. The van der Waals surface area contributed by atoms with Crippen LogP contribution in [0.5, 0.6) is 0 Å². The molecule has 0 spiro atoms. The first-order chi connectivity index (χ1) is 8.59. The molecule has 0 aromatic heterocycles. The molecule has 0 radical (unpaired) electrons. The molecule has 0 unspecified atom stereocenters. The Kier molecular flexibility index (Phi) is 4.60. The van der Waals surface area contributed by atoms with Gasteiger partial charge >= 0.3 is 0 Å². The van der Waals surface area contributed by atoms with E-state index in [1.165, 1.54) is 18.6 Å². The number of rotatable bonds is 3. The Morgan fingerprint density at radius 3 is 2.56 bits per heavy atom. The molecule has 1 aromatic rings. The summed E-state index contributed by atoms with van der Waals surface area (Å²) in [5.41, 5.74) is 6.75. The number of benzene rings is 1. The Morgan fingerprint density at radius 2 is 1.94 bits per heavy atom. The molecular weight excluding hydrogens is 253 g/mol. The van der Waals surface area contributed by atoms with E-state index in [4.69, 9.17) is 17.3 Å². The Hall–Kier alpha value is -0.640. The molecule has 18 heavy (non-hydrogen) atoms. The average Bonchev–Trinajstić information content (AvgIpc) is 2.41. The van der Waals surface area contributed by atoms with Gasteiger partial charge in [0.25, 0.3) is 0 Å². The molecule has 1 saturated carbocycles. The van der Waals surface area contributed by atoms with E-state index in [1.54, 1.807) is 6.07 Å². The van der Waals surface area contributed by atoms with Gasteiger partial charge in [-0.3, -0.25) is 0 Å². The number of nitrogens with two attached hydrogens (primary N) is 1. The predicted octanol–water partition coefficient (Wildman–Crippen LogP) is 3.42. The maximum atomic E-state index is 13.1. The molecular formula is C14H19ClFNO. The minimum Gasteiger partial charge on any atom is -0.391 e. The van der Waals surface area contributed by atoms with Gasteiger partial charge in [0.1, 0.15) is 5.82 Å². The summed E-state index contributed by atoms with van der Waals surface area (Å²) in [6, 6.07) is 3.91. The molecule has 0 saturated heterocycles. The van der Waals surface area contributed by atoms with Crippen molar-refractivity contribution in [1.29, 1.82) is 0 Å². The smallest absolute Gasteiger partial charge is 0.141 e. The van der Waals surface area contributed by atoms with Crippen molar-refractivity contribution in [3.63, 3.8) is 0 Å². The van der Waals surface area contributed by atoms with Crippen LogP contribution in [0.15, 0.2) is 18.2 Å². The molecule has 1 fully saturated rings. The lowest BCUT2D eigenvalue weighted by molar-refractivity contribution is 0.0618. The zero-order chi connectivity index (χ0) is 13.1. The van der Waals surface area contributed by atoms with E-state index in [1.807, 2.05) is 0 Å². The highest BCUT2D eigenvalue weighted by Crippen LogP contribution is 2.32. The first-order valence-electron chi connectivity index (χ1n) is 6.48. The van der Waals surface area contributed by atoms with Gasteiger partial charge in [-0.15, -0.1) is 0 Å². The molecule has 0 bridgehead atoms. The van der Waals surface area contributed by atoms with Crippen molar-refractivity contribution in [2.24, 2.45) is 11.7 Å². The van der Waals surface area contributed by atoms with Crippen molar-refractivity contribution < 1.29 is 9.50 Å². The Bertz CT molecular complexity index is 407. The molecule has 0 aliphatic heterocycles. The SMILES string of the molecule is N[C@H](c1ccc(F)c(Cl)c1)[C@@H](O)C1CCCCC1. The lowest BCUT2D eigenvalue weighted by atomic mass is 9.81. The summed E-state index contributed by atoms with van der Waals surface area (Å²) >= 11 is 5.74. The van der Waals surface area contributed by atoms with Crippen molar-refractivity contribution in [3.8, 4) is 0 Å². The normalized spacial score (nSPS) is 20.7. The molecule has 0 amide bonds. The quantitative estimate of drug-likeness (QED) is 0.885. The summed E-state index contributed by atoms with van der Waals surface area (Å²) in [6.45, 7) is 0. The van der Waals surface area contributed by atoms with Gasteiger partial charge in [-0.2, -0.15) is 0 Å². The monoisotopic (exact) mass is 271 g/mol. The topological polar surface area (TPSA) is 46.2 Å². The summed E-state index contributed by atoms with van der Waals surface area (Å²) in [7, 11) is 0. The minimum atomic E-state index is -0.577. The lowest BCUT2D eigenvalue weighted by Gasteiger charge is -2.30. The predicted molar refractivity (Wildman–Crippen MR) is 70.9 cm³/mol. The van der Waals surface area contributed by atoms with Gasteiger partial charge < -0.3 is 10.8 Å². The molecule has 3 N–H and O–H groups in total. The van der Waals surface area contributed by atoms with E-state index < -0.39 is 18.0 Å². The van der Waals surface area contributed by atoms with Crippen LogP contribution < -0.4 is 5.73 Å². The summed E-state index contributed by atoms with van der Waals surface area (Å²) in [5, 5.41) is 10.3. The van der Waals surface area contributed by atoms with E-state index in [-0.39, 0.29) is 10.9 Å². The lowest BCUT2D eigenvalue weighted by Crippen LogP contribution is -2.34. The standard InChI is InChI=1S/C14H19ClFNO/c15-11-8-10(6-7-12(11)16)13(17)14(18)9-4-2-1-3-5-9/h6-9,13-14,18H,1-5,17H2/t13-,14+/m1/s1. The molecule has 2 nitrogen and oxygen atoms in total. The fraction of sp³-hybridized carbons (Fsp3) is 0.571. The van der Waals surface area contributed by atoms with E-state index >= 15 is 0 Å². The van der Waals surface area contributed by atoms with Crippen LogP contribution in [-0.2, 0) is 0 Å². The number of aliphatic hydroxyl groups excluding tert-OH is 1. The molecule has 1 aromatic carbocycles. The number of aliphatic hydroxyl groups is 1. The van der Waals surface area contributed by atoms with Crippen LogP contribution in [0.1, 0.15) is 43.7 Å². The van der Waals surface area contributed by atoms with Crippen molar-refractivity contribution >= 4 is 11.6 Å². The van der Waals surface area contributed by atoms with Gasteiger partial charge in [-0.1, -0.05) is 36.9 Å². The van der Waals surface area contributed by atoms with Gasteiger partial charge in [-0.25, -0.2) is 4.39 Å². The highest BCUT2D eigenvalue weighted by molar-refractivity contribution is 6.30. The molecule has 4 heteroatoms.